The minimum atomic E-state index is -0.732. The third-order valence-corrected chi connectivity index (χ3v) is 7.12. The molecule has 0 radical (unpaired) electrons. The fourth-order valence-corrected chi connectivity index (χ4v) is 5.37. The van der Waals surface area contributed by atoms with E-state index in [1.807, 2.05) is 0 Å². The van der Waals surface area contributed by atoms with Gasteiger partial charge in [0.1, 0.15) is 5.78 Å². The molecule has 30 heavy (non-hydrogen) atoms. The number of unbranched alkanes of at least 4 members (excludes halogenated alkanes) is 5. The van der Waals surface area contributed by atoms with Crippen LogP contribution in [0.5, 0.6) is 0 Å². The van der Waals surface area contributed by atoms with Gasteiger partial charge in [-0.2, -0.15) is 0 Å². The van der Waals surface area contributed by atoms with Crippen molar-refractivity contribution in [1.82, 2.24) is 0 Å². The first kappa shape index (κ1) is 24.8. The highest BCUT2D eigenvalue weighted by Gasteiger charge is 2.47. The third kappa shape index (κ3) is 7.68. The fraction of sp³-hybridized carbons (Fsp3) is 0.769. The zero-order valence-corrected chi connectivity index (χ0v) is 19.1. The molecule has 4 nitrogen and oxygen atoms in total. The molecule has 1 fully saturated rings. The third-order valence-electron chi connectivity index (χ3n) is 7.12. The van der Waals surface area contributed by atoms with Crippen LogP contribution in [0.25, 0.3) is 0 Å². The van der Waals surface area contributed by atoms with E-state index >= 15 is 0 Å². The molecule has 4 heteroatoms. The Labute approximate surface area is 182 Å². The van der Waals surface area contributed by atoms with Gasteiger partial charge in [-0.05, 0) is 76.0 Å². The monoisotopic (exact) mass is 418 g/mol. The van der Waals surface area contributed by atoms with E-state index in [9.17, 15) is 14.7 Å². The number of carboxylic acids is 1. The Kier molecular flexibility index (Phi) is 10.8. The summed E-state index contributed by atoms with van der Waals surface area (Å²) in [7, 11) is 0. The van der Waals surface area contributed by atoms with Crippen LogP contribution in [0.4, 0.5) is 0 Å². The Morgan fingerprint density at radius 3 is 2.43 bits per heavy atom. The Balaban J connectivity index is 1.66. The molecule has 4 atom stereocenters. The fourth-order valence-electron chi connectivity index (χ4n) is 5.37. The highest BCUT2D eigenvalue weighted by molar-refractivity contribution is 5.82. The number of aliphatic carboxylic acids is 1. The van der Waals surface area contributed by atoms with E-state index in [0.717, 1.165) is 51.4 Å². The smallest absolute Gasteiger partial charge is 0.303 e. The van der Waals surface area contributed by atoms with Gasteiger partial charge in [0.25, 0.3) is 0 Å². The molecule has 0 aromatic rings. The molecule has 170 valence electrons. The second-order valence-electron chi connectivity index (χ2n) is 9.28. The summed E-state index contributed by atoms with van der Waals surface area (Å²) >= 11 is 0. The summed E-state index contributed by atoms with van der Waals surface area (Å²) in [5.74, 6) is -0.0589. The number of hydrogen-bond acceptors (Lipinski definition) is 3. The van der Waals surface area contributed by atoms with Gasteiger partial charge in [0, 0.05) is 18.8 Å². The number of carbonyl (C=O) groups excluding carboxylic acids is 1. The second kappa shape index (κ2) is 13.1. The normalized spacial score (nSPS) is 25.1. The van der Waals surface area contributed by atoms with Gasteiger partial charge in [0.2, 0.25) is 0 Å². The molecule has 2 aliphatic carbocycles. The van der Waals surface area contributed by atoms with E-state index in [1.54, 1.807) is 5.57 Å². The summed E-state index contributed by atoms with van der Waals surface area (Å²) in [5.41, 5.74) is 2.91. The summed E-state index contributed by atoms with van der Waals surface area (Å²) in [5, 5.41) is 19.2. The zero-order valence-electron chi connectivity index (χ0n) is 19.1. The quantitative estimate of drug-likeness (QED) is 0.244. The van der Waals surface area contributed by atoms with Gasteiger partial charge in [-0.1, -0.05) is 50.0 Å². The molecule has 2 N–H and O–H groups in total. The van der Waals surface area contributed by atoms with Gasteiger partial charge < -0.3 is 10.2 Å². The molecule has 2 aliphatic rings. The lowest BCUT2D eigenvalue weighted by atomic mass is 9.84. The summed E-state index contributed by atoms with van der Waals surface area (Å²) < 4.78 is 0. The maximum atomic E-state index is 12.8. The molecule has 0 saturated heterocycles. The van der Waals surface area contributed by atoms with Crippen LogP contribution in [0.2, 0.25) is 0 Å². The zero-order chi connectivity index (χ0) is 21.9. The van der Waals surface area contributed by atoms with Crippen molar-refractivity contribution < 1.29 is 19.8 Å². The van der Waals surface area contributed by atoms with Crippen LogP contribution in [0.1, 0.15) is 104 Å². The minimum absolute atomic E-state index is 0.192. The molecule has 0 aromatic heterocycles. The van der Waals surface area contributed by atoms with Crippen LogP contribution in [-0.4, -0.2) is 28.1 Å². The van der Waals surface area contributed by atoms with E-state index in [4.69, 9.17) is 5.11 Å². The van der Waals surface area contributed by atoms with Crippen LogP contribution >= 0.6 is 0 Å². The van der Waals surface area contributed by atoms with Crippen molar-refractivity contribution in [3.63, 3.8) is 0 Å². The molecule has 0 spiro atoms. The number of aliphatic hydroxyl groups is 1. The average molecular weight is 419 g/mol. The summed E-state index contributed by atoms with van der Waals surface area (Å²) in [6.07, 6.45) is 17.0. The van der Waals surface area contributed by atoms with Crippen LogP contribution in [0, 0.1) is 17.8 Å². The summed E-state index contributed by atoms with van der Waals surface area (Å²) in [6, 6.07) is 0. The highest BCUT2D eigenvalue weighted by atomic mass is 16.4. The van der Waals surface area contributed by atoms with Gasteiger partial charge in [-0.25, -0.2) is 0 Å². The Hall–Kier alpha value is -1.42. The second-order valence-corrected chi connectivity index (χ2v) is 9.28. The van der Waals surface area contributed by atoms with Crippen LogP contribution < -0.4 is 0 Å². The van der Waals surface area contributed by atoms with Gasteiger partial charge >= 0.3 is 5.97 Å². The Morgan fingerprint density at radius 2 is 1.73 bits per heavy atom. The number of allylic oxidation sites excluding steroid dienone is 4. The molecule has 1 saturated carbocycles. The number of Topliss-reactive ketones (excluding diaryl/α,β-unsaturated/α-hetero) is 1. The van der Waals surface area contributed by atoms with Gasteiger partial charge in [-0.15, -0.1) is 0 Å². The number of ketones is 1. The number of aliphatic hydroxyl groups excluding tert-OH is 1. The van der Waals surface area contributed by atoms with Crippen molar-refractivity contribution in [2.24, 2.45) is 17.8 Å². The van der Waals surface area contributed by atoms with Crippen molar-refractivity contribution in [3.8, 4) is 0 Å². The van der Waals surface area contributed by atoms with Gasteiger partial charge in [-0.3, -0.25) is 9.59 Å². The standard InChI is InChI=1S/C26H42O4/c1-3-19(4-2)12-8-6-5-7-9-14-23(27)26-22-17-20(13-10-11-15-25(29)30)16-21(22)18-24(26)28/h12,16,21-22,24,26,28H,3-11,13-15,17-18H2,1-2H3,(H,29,30)/t21-,22-,24+,26-/m1/s1. The maximum absolute atomic E-state index is 12.8. The predicted molar refractivity (Wildman–Crippen MR) is 121 cm³/mol. The van der Waals surface area contributed by atoms with Gasteiger partial charge in [0.15, 0.2) is 0 Å². The van der Waals surface area contributed by atoms with Gasteiger partial charge in [0.05, 0.1) is 6.10 Å². The van der Waals surface area contributed by atoms with Crippen molar-refractivity contribution in [2.75, 3.05) is 0 Å². The maximum Gasteiger partial charge on any atom is 0.303 e. The molecular formula is C26H42O4. The molecule has 0 aliphatic heterocycles. The number of rotatable bonds is 15. The SMILES string of the molecule is CCC(=CCCCCCCC(=O)[C@H]1[C@@H]2CC(CCCCC(=O)O)=C[C@@H]2C[C@@H]1O)CC. The number of fused-ring (bicyclic) bond motifs is 1. The van der Waals surface area contributed by atoms with Crippen molar-refractivity contribution in [2.45, 2.75) is 110 Å². The molecule has 0 unspecified atom stereocenters. The molecule has 0 heterocycles. The highest BCUT2D eigenvalue weighted by Crippen LogP contribution is 2.48. The lowest BCUT2D eigenvalue weighted by molar-refractivity contribution is -0.137. The van der Waals surface area contributed by atoms with E-state index in [0.29, 0.717) is 25.2 Å². The number of carbonyl (C=O) groups is 2. The van der Waals surface area contributed by atoms with E-state index in [1.165, 1.54) is 18.4 Å². The average Bonchev–Trinajstić information content (AvgIpc) is 3.23. The Bertz CT molecular complexity index is 613. The molecule has 0 aromatic carbocycles. The van der Waals surface area contributed by atoms with Crippen LogP contribution in [0.15, 0.2) is 23.3 Å². The molecule has 2 rings (SSSR count). The predicted octanol–water partition coefficient (Wildman–Crippen LogP) is 6.23. The van der Waals surface area contributed by atoms with E-state index < -0.39 is 12.1 Å². The lowest BCUT2D eigenvalue weighted by Crippen LogP contribution is -2.28. The lowest BCUT2D eigenvalue weighted by Gasteiger charge is -2.20. The van der Waals surface area contributed by atoms with E-state index in [2.05, 4.69) is 26.0 Å². The Morgan fingerprint density at radius 1 is 1.03 bits per heavy atom. The van der Waals surface area contributed by atoms with Crippen LogP contribution in [-0.2, 0) is 9.59 Å². The first-order valence-electron chi connectivity index (χ1n) is 12.3. The van der Waals surface area contributed by atoms with Crippen molar-refractivity contribution in [1.29, 1.82) is 0 Å². The van der Waals surface area contributed by atoms with Crippen LogP contribution in [0.3, 0.4) is 0 Å². The first-order valence-corrected chi connectivity index (χ1v) is 12.3. The van der Waals surface area contributed by atoms with E-state index in [-0.39, 0.29) is 24.0 Å². The first-order chi connectivity index (χ1) is 14.5. The molecule has 0 bridgehead atoms. The van der Waals surface area contributed by atoms with Crippen molar-refractivity contribution >= 4 is 11.8 Å². The summed E-state index contributed by atoms with van der Waals surface area (Å²) in [6.45, 7) is 4.43. The number of hydrogen-bond donors (Lipinski definition) is 2. The summed E-state index contributed by atoms with van der Waals surface area (Å²) in [4.78, 5) is 23.5. The number of carboxylic acid groups (broad SMARTS) is 1. The molecular weight excluding hydrogens is 376 g/mol. The molecule has 0 amide bonds. The largest absolute Gasteiger partial charge is 0.481 e. The minimum Gasteiger partial charge on any atom is -0.481 e. The topological polar surface area (TPSA) is 74.6 Å². The van der Waals surface area contributed by atoms with Crippen molar-refractivity contribution in [3.05, 3.63) is 23.3 Å².